The minimum absolute atomic E-state index is 0. The van der Waals surface area contributed by atoms with Crippen molar-refractivity contribution in [1.29, 1.82) is 0 Å². The van der Waals surface area contributed by atoms with Crippen molar-refractivity contribution in [3.05, 3.63) is 0 Å². The second kappa shape index (κ2) is 10.00. The van der Waals surface area contributed by atoms with Gasteiger partial charge in [0.05, 0.1) is 0 Å². The summed E-state index contributed by atoms with van der Waals surface area (Å²) in [5.41, 5.74) is 0. The summed E-state index contributed by atoms with van der Waals surface area (Å²) in [7, 11) is 0. The second-order valence-corrected chi connectivity index (χ2v) is 4.24. The molecule has 0 aromatic carbocycles. The van der Waals surface area contributed by atoms with E-state index in [1.165, 1.54) is 58.7 Å². The molecule has 2 saturated heterocycles. The van der Waals surface area contributed by atoms with Gasteiger partial charge in [-0.15, -0.1) is 0 Å². The van der Waals surface area contributed by atoms with Gasteiger partial charge in [0.1, 0.15) is 0 Å². The molecular formula is C12H28FN3. The van der Waals surface area contributed by atoms with Crippen LogP contribution in [0.3, 0.4) is 0 Å². The SMILES string of the molecule is C1CC(CN2CCNCC2)CCN1.CC.F. The summed E-state index contributed by atoms with van der Waals surface area (Å²) in [6, 6.07) is 0. The summed E-state index contributed by atoms with van der Waals surface area (Å²) >= 11 is 0. The molecule has 2 aliphatic heterocycles. The Balaban J connectivity index is 0.000000711. The van der Waals surface area contributed by atoms with E-state index in [-0.39, 0.29) is 4.70 Å². The maximum absolute atomic E-state index is 3.42. The van der Waals surface area contributed by atoms with Crippen LogP contribution in [-0.2, 0) is 0 Å². The Morgan fingerprint density at radius 2 is 1.44 bits per heavy atom. The molecule has 0 unspecified atom stereocenters. The highest BCUT2D eigenvalue weighted by atomic mass is 19.0. The monoisotopic (exact) mass is 233 g/mol. The van der Waals surface area contributed by atoms with Crippen molar-refractivity contribution in [3.63, 3.8) is 0 Å². The molecule has 2 fully saturated rings. The number of nitrogens with one attached hydrogen (secondary N) is 2. The van der Waals surface area contributed by atoms with Crippen LogP contribution in [0, 0.1) is 5.92 Å². The van der Waals surface area contributed by atoms with Crippen molar-refractivity contribution < 1.29 is 4.70 Å². The molecule has 2 heterocycles. The summed E-state index contributed by atoms with van der Waals surface area (Å²) in [4.78, 5) is 2.62. The lowest BCUT2D eigenvalue weighted by Gasteiger charge is -2.32. The summed E-state index contributed by atoms with van der Waals surface area (Å²) in [6.45, 7) is 12.7. The normalized spacial score (nSPS) is 22.9. The predicted octanol–water partition coefficient (Wildman–Crippen LogP) is 1.07. The summed E-state index contributed by atoms with van der Waals surface area (Å²) in [5.74, 6) is 0.958. The smallest absolute Gasteiger partial charge is 0.0107 e. The van der Waals surface area contributed by atoms with Crippen LogP contribution in [0.5, 0.6) is 0 Å². The molecule has 0 spiro atoms. The van der Waals surface area contributed by atoms with E-state index < -0.39 is 0 Å². The highest BCUT2D eigenvalue weighted by Gasteiger charge is 2.17. The van der Waals surface area contributed by atoms with Crippen LogP contribution in [0.25, 0.3) is 0 Å². The number of piperidine rings is 1. The van der Waals surface area contributed by atoms with Gasteiger partial charge in [-0.25, -0.2) is 0 Å². The third-order valence-electron chi connectivity index (χ3n) is 3.18. The fourth-order valence-electron chi connectivity index (χ4n) is 2.32. The Morgan fingerprint density at radius 1 is 0.938 bits per heavy atom. The summed E-state index contributed by atoms with van der Waals surface area (Å²) in [5, 5.41) is 6.82. The van der Waals surface area contributed by atoms with Crippen LogP contribution in [-0.4, -0.2) is 50.7 Å². The lowest BCUT2D eigenvalue weighted by Crippen LogP contribution is -2.46. The molecule has 0 aliphatic carbocycles. The second-order valence-electron chi connectivity index (χ2n) is 4.24. The first kappa shape index (κ1) is 15.8. The fourth-order valence-corrected chi connectivity index (χ4v) is 2.32. The molecule has 4 heteroatoms. The van der Waals surface area contributed by atoms with Gasteiger partial charge >= 0.3 is 0 Å². The average Bonchev–Trinajstić information content (AvgIpc) is 2.34. The number of piperazine rings is 1. The first-order valence-corrected chi connectivity index (χ1v) is 6.59. The molecule has 98 valence electrons. The maximum atomic E-state index is 3.42. The van der Waals surface area contributed by atoms with Gasteiger partial charge in [0.15, 0.2) is 0 Å². The third-order valence-corrected chi connectivity index (χ3v) is 3.18. The van der Waals surface area contributed by atoms with Crippen molar-refractivity contribution in [2.45, 2.75) is 26.7 Å². The van der Waals surface area contributed by atoms with Crippen molar-refractivity contribution in [2.24, 2.45) is 5.92 Å². The van der Waals surface area contributed by atoms with Gasteiger partial charge in [-0.05, 0) is 31.8 Å². The van der Waals surface area contributed by atoms with Crippen LogP contribution < -0.4 is 10.6 Å². The Bertz CT molecular complexity index is 127. The molecule has 0 radical (unpaired) electrons. The van der Waals surface area contributed by atoms with E-state index in [9.17, 15) is 0 Å². The number of nitrogens with zero attached hydrogens (tertiary/aromatic N) is 1. The molecule has 2 rings (SSSR count). The number of halogens is 1. The molecule has 3 nitrogen and oxygen atoms in total. The first-order chi connectivity index (χ1) is 7.45. The lowest BCUT2D eigenvalue weighted by molar-refractivity contribution is 0.186. The van der Waals surface area contributed by atoms with Gasteiger partial charge in [-0.1, -0.05) is 13.8 Å². The molecule has 2 aliphatic rings. The van der Waals surface area contributed by atoms with Gasteiger partial charge in [-0.2, -0.15) is 0 Å². The van der Waals surface area contributed by atoms with Crippen molar-refractivity contribution >= 4 is 0 Å². The minimum Gasteiger partial charge on any atom is -0.317 e. The Morgan fingerprint density at radius 3 is 2.00 bits per heavy atom. The predicted molar refractivity (Wildman–Crippen MR) is 68.8 cm³/mol. The minimum atomic E-state index is 0. The topological polar surface area (TPSA) is 27.3 Å². The zero-order valence-corrected chi connectivity index (χ0v) is 10.8. The van der Waals surface area contributed by atoms with E-state index in [2.05, 4.69) is 15.5 Å². The number of hydrogen-bond donors (Lipinski definition) is 2. The molecule has 0 amide bonds. The van der Waals surface area contributed by atoms with Crippen LogP contribution in [0.1, 0.15) is 26.7 Å². The van der Waals surface area contributed by atoms with Gasteiger partial charge in [-0.3, -0.25) is 4.70 Å². The van der Waals surface area contributed by atoms with Crippen molar-refractivity contribution in [1.82, 2.24) is 15.5 Å². The highest BCUT2D eigenvalue weighted by molar-refractivity contribution is 4.75. The Kier molecular flexibility index (Phi) is 9.88. The van der Waals surface area contributed by atoms with E-state index in [1.54, 1.807) is 0 Å². The lowest BCUT2D eigenvalue weighted by atomic mass is 9.97. The molecule has 0 bridgehead atoms. The molecule has 0 saturated carbocycles. The van der Waals surface area contributed by atoms with Gasteiger partial charge in [0, 0.05) is 32.7 Å². The van der Waals surface area contributed by atoms with Gasteiger partial charge in [0.2, 0.25) is 0 Å². The van der Waals surface area contributed by atoms with Crippen LogP contribution in [0.4, 0.5) is 4.70 Å². The van der Waals surface area contributed by atoms with E-state index in [4.69, 9.17) is 0 Å². The number of rotatable bonds is 2. The molecule has 0 atom stereocenters. The molecular weight excluding hydrogens is 205 g/mol. The van der Waals surface area contributed by atoms with Gasteiger partial charge in [0.25, 0.3) is 0 Å². The van der Waals surface area contributed by atoms with Crippen LogP contribution >= 0.6 is 0 Å². The first-order valence-electron chi connectivity index (χ1n) is 6.59. The standard InChI is InChI=1S/C10H21N3.C2H6.FH/c1-3-11-4-2-10(1)9-13-7-5-12-6-8-13;1-2;/h10-12H,1-9H2;1-2H3;1H. The van der Waals surface area contributed by atoms with E-state index in [0.717, 1.165) is 5.92 Å². The van der Waals surface area contributed by atoms with Crippen molar-refractivity contribution in [3.8, 4) is 0 Å². The van der Waals surface area contributed by atoms with E-state index in [0.29, 0.717) is 0 Å². The Labute approximate surface area is 99.3 Å². The Hall–Kier alpha value is -0.190. The highest BCUT2D eigenvalue weighted by Crippen LogP contribution is 2.13. The quantitative estimate of drug-likeness (QED) is 0.747. The van der Waals surface area contributed by atoms with Gasteiger partial charge < -0.3 is 15.5 Å². The third kappa shape index (κ3) is 5.77. The molecule has 0 aromatic rings. The molecule has 2 N–H and O–H groups in total. The average molecular weight is 233 g/mol. The van der Waals surface area contributed by atoms with Crippen molar-refractivity contribution in [2.75, 3.05) is 45.8 Å². The fraction of sp³-hybridized carbons (Fsp3) is 1.00. The van der Waals surface area contributed by atoms with Crippen LogP contribution in [0.15, 0.2) is 0 Å². The van der Waals surface area contributed by atoms with E-state index in [1.807, 2.05) is 13.8 Å². The summed E-state index contributed by atoms with van der Waals surface area (Å²) < 4.78 is 0. The maximum Gasteiger partial charge on any atom is 0.0107 e. The van der Waals surface area contributed by atoms with E-state index >= 15 is 0 Å². The van der Waals surface area contributed by atoms with Crippen LogP contribution in [0.2, 0.25) is 0 Å². The molecule has 16 heavy (non-hydrogen) atoms. The summed E-state index contributed by atoms with van der Waals surface area (Å²) in [6.07, 6.45) is 2.76. The number of hydrogen-bond acceptors (Lipinski definition) is 3. The zero-order valence-electron chi connectivity index (χ0n) is 10.8. The molecule has 0 aromatic heterocycles. The zero-order chi connectivity index (χ0) is 10.9. The largest absolute Gasteiger partial charge is 0.317 e.